The molecule has 104 valence electrons. The first kappa shape index (κ1) is 13.8. The first-order valence-corrected chi connectivity index (χ1v) is 6.11. The topological polar surface area (TPSA) is 88.1 Å². The number of aromatic nitrogens is 2. The SMILES string of the molecule is COc1cccc(CN(C)c2nccc(C(=N)N)n2)c1. The molecule has 0 atom stereocenters. The fraction of sp³-hybridized carbons (Fsp3) is 0.214. The van der Waals surface area contributed by atoms with Crippen molar-refractivity contribution < 1.29 is 4.74 Å². The van der Waals surface area contributed by atoms with Gasteiger partial charge in [0, 0.05) is 19.8 Å². The maximum atomic E-state index is 7.40. The molecular formula is C14H17N5O. The zero-order valence-electron chi connectivity index (χ0n) is 11.5. The number of hydrogen-bond acceptors (Lipinski definition) is 5. The monoisotopic (exact) mass is 271 g/mol. The number of nitrogens with two attached hydrogens (primary N) is 1. The molecule has 2 aromatic rings. The minimum absolute atomic E-state index is 0.0663. The van der Waals surface area contributed by atoms with Crippen LogP contribution in [0.5, 0.6) is 5.75 Å². The lowest BCUT2D eigenvalue weighted by molar-refractivity contribution is 0.414. The first-order chi connectivity index (χ1) is 9.60. The van der Waals surface area contributed by atoms with Gasteiger partial charge in [0.25, 0.3) is 0 Å². The van der Waals surface area contributed by atoms with Gasteiger partial charge in [-0.2, -0.15) is 0 Å². The van der Waals surface area contributed by atoms with Crippen LogP contribution in [0.25, 0.3) is 0 Å². The highest BCUT2D eigenvalue weighted by atomic mass is 16.5. The molecule has 0 radical (unpaired) electrons. The van der Waals surface area contributed by atoms with Crippen LogP contribution in [-0.4, -0.2) is 30.0 Å². The fourth-order valence-electron chi connectivity index (χ4n) is 1.80. The number of anilines is 1. The molecule has 6 heteroatoms. The summed E-state index contributed by atoms with van der Waals surface area (Å²) in [4.78, 5) is 10.3. The number of nitrogens with zero attached hydrogens (tertiary/aromatic N) is 3. The fourth-order valence-corrected chi connectivity index (χ4v) is 1.80. The molecule has 0 aliphatic heterocycles. The second kappa shape index (κ2) is 6.01. The molecule has 0 aliphatic rings. The van der Waals surface area contributed by atoms with Crippen LogP contribution in [0.1, 0.15) is 11.3 Å². The maximum Gasteiger partial charge on any atom is 0.226 e. The van der Waals surface area contributed by atoms with Crippen molar-refractivity contribution in [2.75, 3.05) is 19.1 Å². The lowest BCUT2D eigenvalue weighted by atomic mass is 10.2. The summed E-state index contributed by atoms with van der Waals surface area (Å²) in [6.45, 7) is 0.637. The summed E-state index contributed by atoms with van der Waals surface area (Å²) >= 11 is 0. The molecule has 0 spiro atoms. The third-order valence-electron chi connectivity index (χ3n) is 2.81. The number of amidine groups is 1. The zero-order valence-corrected chi connectivity index (χ0v) is 11.5. The Bertz CT molecular complexity index is 614. The summed E-state index contributed by atoms with van der Waals surface area (Å²) in [6.07, 6.45) is 1.60. The Labute approximate surface area is 117 Å². The van der Waals surface area contributed by atoms with Crippen LogP contribution in [0.3, 0.4) is 0 Å². The van der Waals surface area contributed by atoms with E-state index in [1.807, 2.05) is 36.2 Å². The molecule has 0 saturated carbocycles. The molecule has 1 aromatic carbocycles. The molecule has 1 heterocycles. The number of nitrogens with one attached hydrogen (secondary N) is 1. The van der Waals surface area contributed by atoms with Gasteiger partial charge in [-0.3, -0.25) is 5.41 Å². The van der Waals surface area contributed by atoms with Gasteiger partial charge in [0.1, 0.15) is 17.3 Å². The van der Waals surface area contributed by atoms with E-state index < -0.39 is 0 Å². The summed E-state index contributed by atoms with van der Waals surface area (Å²) < 4.78 is 5.20. The van der Waals surface area contributed by atoms with Gasteiger partial charge in [-0.1, -0.05) is 12.1 Å². The Morgan fingerprint density at radius 1 is 1.40 bits per heavy atom. The van der Waals surface area contributed by atoms with Crippen LogP contribution in [0.15, 0.2) is 36.5 Å². The van der Waals surface area contributed by atoms with Crippen molar-refractivity contribution in [2.24, 2.45) is 5.73 Å². The molecule has 3 N–H and O–H groups in total. The molecule has 0 saturated heterocycles. The predicted octanol–water partition coefficient (Wildman–Crippen LogP) is 1.41. The Morgan fingerprint density at radius 2 is 2.20 bits per heavy atom. The second-order valence-corrected chi connectivity index (χ2v) is 4.36. The third kappa shape index (κ3) is 3.23. The van der Waals surface area contributed by atoms with Crippen LogP contribution >= 0.6 is 0 Å². The molecule has 0 bridgehead atoms. The first-order valence-electron chi connectivity index (χ1n) is 6.11. The van der Waals surface area contributed by atoms with Crippen LogP contribution in [0.4, 0.5) is 5.95 Å². The van der Waals surface area contributed by atoms with E-state index in [9.17, 15) is 0 Å². The Hall–Kier alpha value is -2.63. The van der Waals surface area contributed by atoms with E-state index in [0.717, 1.165) is 11.3 Å². The van der Waals surface area contributed by atoms with E-state index in [1.165, 1.54) is 0 Å². The second-order valence-electron chi connectivity index (χ2n) is 4.36. The quantitative estimate of drug-likeness (QED) is 0.634. The van der Waals surface area contributed by atoms with E-state index in [4.69, 9.17) is 15.9 Å². The molecule has 6 nitrogen and oxygen atoms in total. The van der Waals surface area contributed by atoms with E-state index in [1.54, 1.807) is 19.4 Å². The van der Waals surface area contributed by atoms with Gasteiger partial charge in [-0.15, -0.1) is 0 Å². The Kier molecular flexibility index (Phi) is 4.14. The standard InChI is InChI=1S/C14H17N5O/c1-19(9-10-4-3-5-11(8-10)20-2)14-17-7-6-12(18-14)13(15)16/h3-8H,9H2,1-2H3,(H3,15,16). The molecule has 1 aromatic heterocycles. The Morgan fingerprint density at radius 3 is 2.90 bits per heavy atom. The van der Waals surface area contributed by atoms with E-state index in [-0.39, 0.29) is 5.84 Å². The molecule has 0 unspecified atom stereocenters. The average molecular weight is 271 g/mol. The number of methoxy groups -OCH3 is 1. The number of rotatable bonds is 5. The predicted molar refractivity (Wildman–Crippen MR) is 78.1 cm³/mol. The van der Waals surface area contributed by atoms with Crippen molar-refractivity contribution in [3.63, 3.8) is 0 Å². The summed E-state index contributed by atoms with van der Waals surface area (Å²) in [7, 11) is 3.53. The van der Waals surface area contributed by atoms with Crippen LogP contribution < -0.4 is 15.4 Å². The number of nitrogen functional groups attached to an aromatic ring is 1. The molecule has 0 amide bonds. The van der Waals surface area contributed by atoms with Crippen molar-refractivity contribution in [1.82, 2.24) is 9.97 Å². The highest BCUT2D eigenvalue weighted by molar-refractivity contribution is 5.93. The molecule has 2 rings (SSSR count). The number of hydrogen-bond donors (Lipinski definition) is 2. The van der Waals surface area contributed by atoms with E-state index >= 15 is 0 Å². The van der Waals surface area contributed by atoms with Gasteiger partial charge in [-0.05, 0) is 23.8 Å². The lowest BCUT2D eigenvalue weighted by Gasteiger charge is -2.17. The van der Waals surface area contributed by atoms with Crippen molar-refractivity contribution in [3.8, 4) is 5.75 Å². The van der Waals surface area contributed by atoms with Crippen molar-refractivity contribution in [3.05, 3.63) is 47.8 Å². The van der Waals surface area contributed by atoms with Gasteiger partial charge in [0.15, 0.2) is 0 Å². The number of benzene rings is 1. The summed E-state index contributed by atoms with van der Waals surface area (Å²) in [6, 6.07) is 9.43. The Balaban J connectivity index is 2.16. The highest BCUT2D eigenvalue weighted by Crippen LogP contribution is 2.15. The summed E-state index contributed by atoms with van der Waals surface area (Å²) in [5, 5.41) is 7.40. The highest BCUT2D eigenvalue weighted by Gasteiger charge is 2.08. The van der Waals surface area contributed by atoms with Gasteiger partial charge in [-0.25, -0.2) is 9.97 Å². The van der Waals surface area contributed by atoms with Gasteiger partial charge in [0.2, 0.25) is 5.95 Å². The molecule has 0 fully saturated rings. The minimum Gasteiger partial charge on any atom is -0.497 e. The largest absolute Gasteiger partial charge is 0.497 e. The molecular weight excluding hydrogens is 254 g/mol. The lowest BCUT2D eigenvalue weighted by Crippen LogP contribution is -2.21. The zero-order chi connectivity index (χ0) is 14.5. The summed E-state index contributed by atoms with van der Waals surface area (Å²) in [5.74, 6) is 1.28. The van der Waals surface area contributed by atoms with E-state index in [2.05, 4.69) is 9.97 Å². The van der Waals surface area contributed by atoms with Crippen molar-refractivity contribution >= 4 is 11.8 Å². The van der Waals surface area contributed by atoms with Crippen LogP contribution in [0, 0.1) is 5.41 Å². The average Bonchev–Trinajstić information content (AvgIpc) is 2.47. The maximum absolute atomic E-state index is 7.40. The van der Waals surface area contributed by atoms with Crippen molar-refractivity contribution in [2.45, 2.75) is 6.54 Å². The third-order valence-corrected chi connectivity index (χ3v) is 2.81. The van der Waals surface area contributed by atoms with Crippen LogP contribution in [0.2, 0.25) is 0 Å². The molecule has 20 heavy (non-hydrogen) atoms. The molecule has 0 aliphatic carbocycles. The van der Waals surface area contributed by atoms with Gasteiger partial charge in [0.05, 0.1) is 7.11 Å². The summed E-state index contributed by atoms with van der Waals surface area (Å²) in [5.41, 5.74) is 6.94. The minimum atomic E-state index is -0.0663. The normalized spacial score (nSPS) is 10.1. The number of ether oxygens (including phenoxy) is 1. The smallest absolute Gasteiger partial charge is 0.226 e. The van der Waals surface area contributed by atoms with Gasteiger partial charge < -0.3 is 15.4 Å². The van der Waals surface area contributed by atoms with Crippen LogP contribution in [-0.2, 0) is 6.54 Å². The van der Waals surface area contributed by atoms with Crippen molar-refractivity contribution in [1.29, 1.82) is 5.41 Å². The van der Waals surface area contributed by atoms with Gasteiger partial charge >= 0.3 is 0 Å². The van der Waals surface area contributed by atoms with E-state index in [0.29, 0.717) is 18.2 Å².